The van der Waals surface area contributed by atoms with E-state index in [4.69, 9.17) is 10.5 Å². The van der Waals surface area contributed by atoms with Crippen molar-refractivity contribution in [2.75, 3.05) is 26.7 Å². The third-order valence-corrected chi connectivity index (χ3v) is 2.76. The molecule has 5 heteroatoms. The Hall–Kier alpha value is -0.650. The maximum Gasteiger partial charge on any atom is 0.322 e. The molecule has 0 spiro atoms. The SMILES string of the molecule is COC(=O)C(N)CCN1CC(C)OC(C)C1. The second-order valence-corrected chi connectivity index (χ2v) is 4.44. The van der Waals surface area contributed by atoms with Gasteiger partial charge in [0.1, 0.15) is 6.04 Å². The summed E-state index contributed by atoms with van der Waals surface area (Å²) in [5.74, 6) is -0.339. The van der Waals surface area contributed by atoms with E-state index in [0.717, 1.165) is 19.6 Å². The van der Waals surface area contributed by atoms with E-state index in [1.807, 2.05) is 0 Å². The zero-order valence-electron chi connectivity index (χ0n) is 10.3. The summed E-state index contributed by atoms with van der Waals surface area (Å²) in [6.07, 6.45) is 1.13. The van der Waals surface area contributed by atoms with Crippen LogP contribution in [0.4, 0.5) is 0 Å². The number of esters is 1. The van der Waals surface area contributed by atoms with Crippen molar-refractivity contribution in [1.82, 2.24) is 4.90 Å². The average Bonchev–Trinajstić information content (AvgIpc) is 2.23. The first-order chi connectivity index (χ1) is 7.52. The maximum absolute atomic E-state index is 11.1. The molecule has 16 heavy (non-hydrogen) atoms. The van der Waals surface area contributed by atoms with Gasteiger partial charge in [-0.05, 0) is 20.3 Å². The molecule has 0 aliphatic carbocycles. The molecule has 0 aromatic carbocycles. The van der Waals surface area contributed by atoms with Crippen molar-refractivity contribution in [1.29, 1.82) is 0 Å². The van der Waals surface area contributed by atoms with E-state index in [1.165, 1.54) is 7.11 Å². The van der Waals surface area contributed by atoms with Crippen LogP contribution < -0.4 is 5.73 Å². The van der Waals surface area contributed by atoms with Crippen LogP contribution in [0.5, 0.6) is 0 Å². The van der Waals surface area contributed by atoms with E-state index in [2.05, 4.69) is 23.5 Å². The largest absolute Gasteiger partial charge is 0.468 e. The molecule has 0 bridgehead atoms. The Kier molecular flexibility index (Phi) is 5.18. The molecule has 94 valence electrons. The van der Waals surface area contributed by atoms with Gasteiger partial charge in [-0.2, -0.15) is 0 Å². The van der Waals surface area contributed by atoms with Gasteiger partial charge in [0, 0.05) is 19.6 Å². The minimum Gasteiger partial charge on any atom is -0.468 e. The van der Waals surface area contributed by atoms with Crippen LogP contribution in [0, 0.1) is 0 Å². The van der Waals surface area contributed by atoms with Crippen LogP contribution in [-0.4, -0.2) is 55.9 Å². The van der Waals surface area contributed by atoms with E-state index in [9.17, 15) is 4.79 Å². The molecule has 1 rings (SSSR count). The van der Waals surface area contributed by atoms with Crippen LogP contribution in [0.2, 0.25) is 0 Å². The highest BCUT2D eigenvalue weighted by atomic mass is 16.5. The zero-order valence-corrected chi connectivity index (χ0v) is 10.3. The highest BCUT2D eigenvalue weighted by molar-refractivity contribution is 5.75. The molecule has 2 N–H and O–H groups in total. The molecular weight excluding hydrogens is 208 g/mol. The molecule has 1 aliphatic rings. The number of nitrogens with zero attached hydrogens (tertiary/aromatic N) is 1. The number of rotatable bonds is 4. The number of carbonyl (C=O) groups is 1. The van der Waals surface area contributed by atoms with Gasteiger partial charge in [0.05, 0.1) is 19.3 Å². The van der Waals surface area contributed by atoms with Crippen LogP contribution in [-0.2, 0) is 14.3 Å². The summed E-state index contributed by atoms with van der Waals surface area (Å²) in [4.78, 5) is 13.4. The Morgan fingerprint density at radius 1 is 1.50 bits per heavy atom. The number of ether oxygens (including phenoxy) is 2. The summed E-state index contributed by atoms with van der Waals surface area (Å²) < 4.78 is 10.2. The second-order valence-electron chi connectivity index (χ2n) is 4.44. The topological polar surface area (TPSA) is 64.8 Å². The summed E-state index contributed by atoms with van der Waals surface area (Å²) >= 11 is 0. The molecular formula is C11H22N2O3. The molecule has 0 amide bonds. The smallest absolute Gasteiger partial charge is 0.322 e. The number of hydrogen-bond acceptors (Lipinski definition) is 5. The predicted octanol–water partition coefficient (Wildman–Crippen LogP) is -0.0140. The fourth-order valence-corrected chi connectivity index (χ4v) is 2.06. The first-order valence-electron chi connectivity index (χ1n) is 5.74. The van der Waals surface area contributed by atoms with Crippen molar-refractivity contribution in [3.63, 3.8) is 0 Å². The van der Waals surface area contributed by atoms with Gasteiger partial charge in [-0.15, -0.1) is 0 Å². The number of hydrogen-bond donors (Lipinski definition) is 1. The lowest BCUT2D eigenvalue weighted by atomic mass is 10.1. The van der Waals surface area contributed by atoms with E-state index in [1.54, 1.807) is 0 Å². The minimum atomic E-state index is -0.515. The molecule has 0 aromatic heterocycles. The fraction of sp³-hybridized carbons (Fsp3) is 0.909. The van der Waals surface area contributed by atoms with Gasteiger partial charge in [-0.25, -0.2) is 0 Å². The van der Waals surface area contributed by atoms with Crippen molar-refractivity contribution in [3.05, 3.63) is 0 Å². The standard InChI is InChI=1S/C11H22N2O3/c1-8-6-13(7-9(2)16-8)5-4-10(12)11(14)15-3/h8-10H,4-7,12H2,1-3H3. The Morgan fingerprint density at radius 3 is 2.56 bits per heavy atom. The fourth-order valence-electron chi connectivity index (χ4n) is 2.06. The van der Waals surface area contributed by atoms with Crippen molar-refractivity contribution in [3.8, 4) is 0 Å². The summed E-state index contributed by atoms with van der Waals surface area (Å²) in [6, 6.07) is -0.515. The second kappa shape index (κ2) is 6.18. The van der Waals surface area contributed by atoms with Crippen molar-refractivity contribution in [2.24, 2.45) is 5.73 Å². The van der Waals surface area contributed by atoms with E-state index < -0.39 is 6.04 Å². The van der Waals surface area contributed by atoms with Gasteiger partial charge in [0.2, 0.25) is 0 Å². The Labute approximate surface area is 96.9 Å². The van der Waals surface area contributed by atoms with Crippen LogP contribution in [0.25, 0.3) is 0 Å². The highest BCUT2D eigenvalue weighted by Gasteiger charge is 2.23. The first kappa shape index (κ1) is 13.4. The van der Waals surface area contributed by atoms with Gasteiger partial charge in [0.25, 0.3) is 0 Å². The van der Waals surface area contributed by atoms with Gasteiger partial charge in [0.15, 0.2) is 0 Å². The molecule has 1 saturated heterocycles. The zero-order chi connectivity index (χ0) is 12.1. The number of methoxy groups -OCH3 is 1. The minimum absolute atomic E-state index is 0.248. The molecule has 5 nitrogen and oxygen atoms in total. The van der Waals surface area contributed by atoms with Crippen LogP contribution in [0.1, 0.15) is 20.3 Å². The van der Waals surface area contributed by atoms with Crippen LogP contribution in [0.15, 0.2) is 0 Å². The van der Waals surface area contributed by atoms with Crippen molar-refractivity contribution in [2.45, 2.75) is 38.5 Å². The maximum atomic E-state index is 11.1. The summed E-state index contributed by atoms with van der Waals surface area (Å²) in [6.45, 7) is 6.73. The van der Waals surface area contributed by atoms with Crippen LogP contribution >= 0.6 is 0 Å². The van der Waals surface area contributed by atoms with Crippen LogP contribution in [0.3, 0.4) is 0 Å². The summed E-state index contributed by atoms with van der Waals surface area (Å²) in [5, 5.41) is 0. The molecule has 0 radical (unpaired) electrons. The Bertz CT molecular complexity index is 225. The van der Waals surface area contributed by atoms with E-state index >= 15 is 0 Å². The molecule has 1 fully saturated rings. The number of morpholine rings is 1. The number of nitrogens with two attached hydrogens (primary N) is 1. The molecule has 3 unspecified atom stereocenters. The van der Waals surface area contributed by atoms with Crippen molar-refractivity contribution >= 4 is 5.97 Å². The average molecular weight is 230 g/mol. The van der Waals surface area contributed by atoms with Gasteiger partial charge < -0.3 is 15.2 Å². The predicted molar refractivity (Wildman–Crippen MR) is 61.1 cm³/mol. The lowest BCUT2D eigenvalue weighted by molar-refractivity contribution is -0.142. The quantitative estimate of drug-likeness (QED) is 0.688. The third-order valence-electron chi connectivity index (χ3n) is 2.76. The Balaban J connectivity index is 2.29. The van der Waals surface area contributed by atoms with E-state index in [0.29, 0.717) is 6.42 Å². The molecule has 1 aliphatic heterocycles. The van der Waals surface area contributed by atoms with Gasteiger partial charge >= 0.3 is 5.97 Å². The first-order valence-corrected chi connectivity index (χ1v) is 5.74. The highest BCUT2D eigenvalue weighted by Crippen LogP contribution is 2.11. The Morgan fingerprint density at radius 2 is 2.06 bits per heavy atom. The molecule has 3 atom stereocenters. The third kappa shape index (κ3) is 4.08. The number of carbonyl (C=O) groups excluding carboxylic acids is 1. The molecule has 1 heterocycles. The normalized spacial score (nSPS) is 28.8. The molecule has 0 aromatic rings. The van der Waals surface area contributed by atoms with Gasteiger partial charge in [-0.3, -0.25) is 9.69 Å². The lowest BCUT2D eigenvalue weighted by Gasteiger charge is -2.35. The lowest BCUT2D eigenvalue weighted by Crippen LogP contribution is -2.47. The van der Waals surface area contributed by atoms with Crippen molar-refractivity contribution < 1.29 is 14.3 Å². The van der Waals surface area contributed by atoms with E-state index in [-0.39, 0.29) is 18.2 Å². The monoisotopic (exact) mass is 230 g/mol. The summed E-state index contributed by atoms with van der Waals surface area (Å²) in [5.41, 5.74) is 5.68. The molecule has 0 saturated carbocycles. The summed E-state index contributed by atoms with van der Waals surface area (Å²) in [7, 11) is 1.36. The van der Waals surface area contributed by atoms with Gasteiger partial charge in [-0.1, -0.05) is 0 Å².